The zero-order valence-corrected chi connectivity index (χ0v) is 35.2. The molecule has 2 amide bonds. The molecule has 0 aliphatic carbocycles. The maximum atomic E-state index is 13.8. The lowest BCUT2D eigenvalue weighted by Crippen LogP contribution is -2.61. The molecule has 0 saturated carbocycles. The Labute approximate surface area is 372 Å². The summed E-state index contributed by atoms with van der Waals surface area (Å²) in [7, 11) is -2.68. The van der Waals surface area contributed by atoms with Gasteiger partial charge in [-0.1, -0.05) is 36.1 Å². The second-order valence-corrected chi connectivity index (χ2v) is 16.0. The Morgan fingerprint density at radius 1 is 0.985 bits per heavy atom. The van der Waals surface area contributed by atoms with Gasteiger partial charge in [-0.25, -0.2) is 9.18 Å². The maximum absolute atomic E-state index is 13.8. The standard InChI is InChI=1S/C47H46BF3N4O10/c1-26-24-27(2)55(48(50)51)37(26)25-33-14-13-32(53-33)15-22-39(57)52-23-3-4-28-5-16-34(17-6-28)54-40(36(45(54)61)20-21-38(56)29-7-11-31(49)12-8-29)30-9-18-35(19-10-30)64-47-43(60)41(58)42(59)44(65-47)46(62)63/h5-14,16-19,24-25,36,38,40-44,47,56,58-60H,15,20-23H2,1-2H3,(H,52,57)(H,62,63)/b33-25-/t36-,38+,40-,41+,42+,43-,44+,47-/m1/s1. The van der Waals surface area contributed by atoms with E-state index in [1.807, 2.05) is 0 Å². The van der Waals surface area contributed by atoms with Gasteiger partial charge in [0, 0.05) is 34.8 Å². The molecule has 14 nitrogen and oxygen atoms in total. The number of benzene rings is 3. The monoisotopic (exact) mass is 894 g/mol. The molecule has 0 spiro atoms. The number of aliphatic carboxylic acids is 1. The molecule has 0 unspecified atom stereocenters. The summed E-state index contributed by atoms with van der Waals surface area (Å²) in [4.78, 5) is 44.0. The van der Waals surface area contributed by atoms with Gasteiger partial charge in [-0.3, -0.25) is 23.2 Å². The lowest BCUT2D eigenvalue weighted by molar-refractivity contribution is -0.271. The molecule has 6 N–H and O–H groups in total. The van der Waals surface area contributed by atoms with Crippen LogP contribution in [0, 0.1) is 37.4 Å². The first-order valence-electron chi connectivity index (χ1n) is 20.8. The number of aliphatic hydroxyl groups is 4. The minimum atomic E-state index is -2.68. The van der Waals surface area contributed by atoms with Crippen molar-refractivity contribution in [1.82, 2.24) is 9.79 Å². The van der Waals surface area contributed by atoms with Gasteiger partial charge in [0.05, 0.1) is 30.3 Å². The summed E-state index contributed by atoms with van der Waals surface area (Å²) in [6.45, 7) is 3.45. The molecule has 3 aliphatic heterocycles. The number of nitrogens with zero attached hydrogens (tertiary/aromatic N) is 3. The number of allylic oxidation sites excluding steroid dienone is 2. The Bertz CT molecular complexity index is 2550. The van der Waals surface area contributed by atoms with Gasteiger partial charge in [-0.15, -0.1) is 0 Å². The number of carbonyl (C=O) groups is 3. The van der Waals surface area contributed by atoms with Gasteiger partial charge >= 0.3 is 13.4 Å². The fourth-order valence-electron chi connectivity index (χ4n) is 8.10. The summed E-state index contributed by atoms with van der Waals surface area (Å²) >= 11 is 0. The number of aliphatic hydroxyl groups excluding tert-OH is 4. The fraction of sp³-hybridized carbons (Fsp3) is 0.319. The lowest BCUT2D eigenvalue weighted by Gasteiger charge is -2.48. The SMILES string of the molecule is Cc1cc(C)n(B(F)F)c1/C=C1/C=CC(CCC(=O)NCC#Cc2ccc(N3C(=O)[C@H](CC[C@H](O)c4ccc(F)cc4)[C@H]3c3ccc(O[C@@H]4O[C@H](C(=O)O)[C@@H](O)[C@H](O)[C@H]4O)cc3)cc2)=N1. The average Bonchev–Trinajstić information content (AvgIpc) is 3.86. The van der Waals surface area contributed by atoms with Crippen molar-refractivity contribution >= 4 is 42.7 Å². The fourth-order valence-corrected chi connectivity index (χ4v) is 8.10. The minimum absolute atomic E-state index is 0.0731. The Morgan fingerprint density at radius 3 is 2.37 bits per heavy atom. The third-order valence-electron chi connectivity index (χ3n) is 11.5. The molecule has 0 radical (unpaired) electrons. The van der Waals surface area contributed by atoms with Crippen LogP contribution in [0.2, 0.25) is 0 Å². The van der Waals surface area contributed by atoms with E-state index in [0.29, 0.717) is 57.2 Å². The molecule has 8 atom stereocenters. The smallest absolute Gasteiger partial charge is 0.479 e. The Kier molecular flexibility index (Phi) is 14.4. The van der Waals surface area contributed by atoms with Crippen molar-refractivity contribution in [3.05, 3.63) is 136 Å². The number of rotatable bonds is 15. The highest BCUT2D eigenvalue weighted by Crippen LogP contribution is 2.46. The van der Waals surface area contributed by atoms with E-state index in [9.17, 15) is 52.9 Å². The number of aromatic nitrogens is 1. The first-order valence-corrected chi connectivity index (χ1v) is 20.8. The van der Waals surface area contributed by atoms with Crippen molar-refractivity contribution in [1.29, 1.82) is 0 Å². The number of hydrogen-bond donors (Lipinski definition) is 6. The maximum Gasteiger partial charge on any atom is 0.677 e. The molecule has 65 heavy (non-hydrogen) atoms. The number of hydrogen-bond acceptors (Lipinski definition) is 10. The van der Waals surface area contributed by atoms with E-state index in [4.69, 9.17) is 9.47 Å². The van der Waals surface area contributed by atoms with Gasteiger partial charge in [-0.05, 0) is 123 Å². The van der Waals surface area contributed by atoms with E-state index in [0.717, 1.165) is 4.48 Å². The van der Waals surface area contributed by atoms with Crippen LogP contribution in [0.5, 0.6) is 5.75 Å². The predicted octanol–water partition coefficient (Wildman–Crippen LogP) is 4.80. The Balaban J connectivity index is 0.973. The molecule has 18 heteroatoms. The highest BCUT2D eigenvalue weighted by atomic mass is 19.2. The van der Waals surface area contributed by atoms with Crippen LogP contribution in [0.25, 0.3) is 6.08 Å². The summed E-state index contributed by atoms with van der Waals surface area (Å²) < 4.78 is 52.6. The van der Waals surface area contributed by atoms with E-state index in [1.54, 1.807) is 79.4 Å². The highest BCUT2D eigenvalue weighted by Gasteiger charge is 2.50. The number of nitrogens with one attached hydrogen (secondary N) is 1. The van der Waals surface area contributed by atoms with Crippen LogP contribution in [0.3, 0.4) is 0 Å². The largest absolute Gasteiger partial charge is 0.677 e. The Morgan fingerprint density at radius 2 is 1.69 bits per heavy atom. The second kappa shape index (κ2) is 20.1. The van der Waals surface area contributed by atoms with E-state index in [-0.39, 0.29) is 43.4 Å². The Hall–Kier alpha value is -6.49. The van der Waals surface area contributed by atoms with Crippen molar-refractivity contribution in [3.63, 3.8) is 0 Å². The molecule has 3 aliphatic rings. The number of aryl methyl sites for hydroxylation is 2. The molecule has 2 fully saturated rings. The molecule has 1 aromatic heterocycles. The van der Waals surface area contributed by atoms with Gasteiger partial charge in [-0.2, -0.15) is 0 Å². The third kappa shape index (κ3) is 10.6. The molecule has 3 aromatic carbocycles. The molecule has 2 saturated heterocycles. The van der Waals surface area contributed by atoms with Crippen molar-refractivity contribution in [2.45, 2.75) is 82.4 Å². The van der Waals surface area contributed by atoms with Crippen molar-refractivity contribution < 1.29 is 62.4 Å². The van der Waals surface area contributed by atoms with Gasteiger partial charge in [0.15, 0.2) is 6.10 Å². The number of anilines is 1. The van der Waals surface area contributed by atoms with E-state index in [1.165, 1.54) is 36.4 Å². The zero-order valence-electron chi connectivity index (χ0n) is 35.2. The molecular formula is C47H46BF3N4O10. The summed E-state index contributed by atoms with van der Waals surface area (Å²) in [5.41, 5.74) is 5.08. The van der Waals surface area contributed by atoms with Crippen LogP contribution in [-0.4, -0.2) is 98.2 Å². The van der Waals surface area contributed by atoms with Gasteiger partial charge < -0.3 is 49.7 Å². The van der Waals surface area contributed by atoms with Crippen LogP contribution in [-0.2, 0) is 19.1 Å². The first-order chi connectivity index (χ1) is 31.1. The second-order valence-electron chi connectivity index (χ2n) is 16.0. The average molecular weight is 895 g/mol. The molecule has 0 bridgehead atoms. The summed E-state index contributed by atoms with van der Waals surface area (Å²) in [6, 6.07) is 20.0. The quantitative estimate of drug-likeness (QED) is 0.0547. The number of carboxylic acid groups (broad SMARTS) is 1. The topological polar surface area (TPSA) is 203 Å². The molecule has 7 rings (SSSR count). The number of carbonyl (C=O) groups excluding carboxylic acids is 2. The van der Waals surface area contributed by atoms with Gasteiger partial charge in [0.1, 0.15) is 29.9 Å². The number of ether oxygens (including phenoxy) is 2. The number of β-lactam (4-membered cyclic amide) rings is 1. The van der Waals surface area contributed by atoms with E-state index >= 15 is 0 Å². The van der Waals surface area contributed by atoms with Crippen LogP contribution in [0.1, 0.15) is 71.5 Å². The van der Waals surface area contributed by atoms with Crippen molar-refractivity contribution in [3.8, 4) is 17.6 Å². The van der Waals surface area contributed by atoms with Crippen LogP contribution in [0.15, 0.2) is 102 Å². The highest BCUT2D eigenvalue weighted by molar-refractivity contribution is 6.41. The summed E-state index contributed by atoms with van der Waals surface area (Å²) in [6.07, 6.45) is -3.84. The van der Waals surface area contributed by atoms with Gasteiger partial charge in [0.2, 0.25) is 18.1 Å². The van der Waals surface area contributed by atoms with E-state index in [2.05, 4.69) is 22.2 Å². The lowest BCUT2D eigenvalue weighted by atomic mass is 9.78. The minimum Gasteiger partial charge on any atom is -0.479 e. The van der Waals surface area contributed by atoms with Crippen molar-refractivity contribution in [2.75, 3.05) is 11.4 Å². The predicted molar refractivity (Wildman–Crippen MR) is 233 cm³/mol. The third-order valence-corrected chi connectivity index (χ3v) is 11.5. The number of halogens is 3. The molecule has 4 heterocycles. The first kappa shape index (κ1) is 46.5. The number of amides is 2. The van der Waals surface area contributed by atoms with Crippen LogP contribution < -0.4 is 15.0 Å². The van der Waals surface area contributed by atoms with Crippen molar-refractivity contribution in [2.24, 2.45) is 10.9 Å². The number of carboxylic acids is 1. The van der Waals surface area contributed by atoms with Gasteiger partial charge in [0.25, 0.3) is 0 Å². The zero-order chi connectivity index (χ0) is 46.5. The summed E-state index contributed by atoms with van der Waals surface area (Å²) in [5, 5.41) is 53.7. The molecule has 4 aromatic rings. The van der Waals surface area contributed by atoms with E-state index < -0.39 is 68.0 Å². The number of aliphatic imine (C=N–C) groups is 1. The van der Waals surface area contributed by atoms with Crippen LogP contribution in [0.4, 0.5) is 18.7 Å². The summed E-state index contributed by atoms with van der Waals surface area (Å²) in [5.74, 6) is 3.06. The normalized spacial score (nSPS) is 23.6. The van der Waals surface area contributed by atoms with Crippen LogP contribution >= 0.6 is 0 Å². The molecule has 338 valence electrons. The molecular weight excluding hydrogens is 848 g/mol.